The first-order valence-electron chi connectivity index (χ1n) is 10.5. The first-order valence-corrected chi connectivity index (χ1v) is 13.5. The Labute approximate surface area is 153 Å². The summed E-state index contributed by atoms with van der Waals surface area (Å²) in [6.07, 6.45) is 16.7. The maximum Gasteiger partial charge on any atom is 0.192 e. The van der Waals surface area contributed by atoms with Crippen molar-refractivity contribution in [3.8, 4) is 0 Å². The molecule has 0 radical (unpaired) electrons. The smallest absolute Gasteiger partial charge is 0.192 e. The Balaban J connectivity index is 2.22. The van der Waals surface area contributed by atoms with Gasteiger partial charge in [0, 0.05) is 0 Å². The molecule has 0 saturated carbocycles. The van der Waals surface area contributed by atoms with E-state index in [9.17, 15) is 0 Å². The summed E-state index contributed by atoms with van der Waals surface area (Å²) in [6, 6.07) is 0. The monoisotopic (exact) mass is 352 g/mol. The molecule has 1 aliphatic carbocycles. The van der Waals surface area contributed by atoms with Crippen LogP contribution < -0.4 is 0 Å². The maximum absolute atomic E-state index is 6.67. The second kappa shape index (κ2) is 10.2. The summed E-state index contributed by atoms with van der Waals surface area (Å²) in [7, 11) is -1.63. The summed E-state index contributed by atoms with van der Waals surface area (Å²) < 4.78 is 6.67. The van der Waals surface area contributed by atoms with E-state index in [1.807, 2.05) is 0 Å². The Morgan fingerprint density at radius 2 is 1.54 bits per heavy atom. The van der Waals surface area contributed by atoms with Crippen molar-refractivity contribution >= 4 is 8.32 Å². The van der Waals surface area contributed by atoms with Gasteiger partial charge in [0.25, 0.3) is 0 Å². The largest absolute Gasteiger partial charge is 0.413 e. The number of hydrogen-bond donors (Lipinski definition) is 0. The minimum absolute atomic E-state index is 0.313. The molecule has 1 rings (SSSR count). The third-order valence-electron chi connectivity index (χ3n) is 6.15. The van der Waals surface area contributed by atoms with Gasteiger partial charge in [0.05, 0.1) is 6.10 Å². The Morgan fingerprint density at radius 1 is 1.00 bits per heavy atom. The Kier molecular flexibility index (Phi) is 9.30. The summed E-state index contributed by atoms with van der Waals surface area (Å²) in [5, 5.41) is 0.313. The fourth-order valence-corrected chi connectivity index (χ4v) is 4.78. The molecule has 0 heterocycles. The lowest BCUT2D eigenvalue weighted by atomic mass is 10.0. The average Bonchev–Trinajstić information content (AvgIpc) is 2.80. The number of rotatable bonds is 11. The SMILES string of the molecule is CCCCCCCCCCC1=CC(C)C(O[Si](C)(C)C(C)(C)C)C1. The Morgan fingerprint density at radius 3 is 2.08 bits per heavy atom. The maximum atomic E-state index is 6.67. The van der Waals surface area contributed by atoms with E-state index < -0.39 is 8.32 Å². The quantitative estimate of drug-likeness (QED) is 0.209. The lowest BCUT2D eigenvalue weighted by Crippen LogP contribution is -2.44. The highest BCUT2D eigenvalue weighted by Crippen LogP contribution is 2.41. The molecule has 0 N–H and O–H groups in total. The second-order valence-corrected chi connectivity index (χ2v) is 14.3. The lowest BCUT2D eigenvalue weighted by molar-refractivity contribution is 0.156. The standard InChI is InChI=1S/C22H44OSi/c1-8-9-10-11-12-13-14-15-16-20-17-19(2)21(18-20)23-24(6,7)22(3,4)5/h17,19,21H,8-16,18H2,1-7H3. The van der Waals surface area contributed by atoms with Crippen LogP contribution in [0.3, 0.4) is 0 Å². The van der Waals surface area contributed by atoms with Crippen molar-refractivity contribution < 1.29 is 4.43 Å². The van der Waals surface area contributed by atoms with Crippen LogP contribution in [0, 0.1) is 5.92 Å². The summed E-state index contributed by atoms with van der Waals surface area (Å²) in [5.41, 5.74) is 1.66. The molecule has 0 spiro atoms. The fourth-order valence-electron chi connectivity index (χ4n) is 3.37. The summed E-state index contributed by atoms with van der Waals surface area (Å²) in [4.78, 5) is 0. The lowest BCUT2D eigenvalue weighted by Gasteiger charge is -2.39. The van der Waals surface area contributed by atoms with Gasteiger partial charge in [-0.25, -0.2) is 0 Å². The highest BCUT2D eigenvalue weighted by Gasteiger charge is 2.41. The highest BCUT2D eigenvalue weighted by molar-refractivity contribution is 6.74. The molecule has 24 heavy (non-hydrogen) atoms. The van der Waals surface area contributed by atoms with Crippen LogP contribution in [0.4, 0.5) is 0 Å². The molecule has 2 heteroatoms. The minimum Gasteiger partial charge on any atom is -0.413 e. The molecule has 1 aliphatic rings. The van der Waals surface area contributed by atoms with Crippen molar-refractivity contribution in [2.45, 2.75) is 123 Å². The van der Waals surface area contributed by atoms with E-state index in [1.54, 1.807) is 5.57 Å². The molecule has 0 saturated heterocycles. The van der Waals surface area contributed by atoms with Gasteiger partial charge in [-0.1, -0.05) is 91.2 Å². The Hall–Kier alpha value is -0.0831. The van der Waals surface area contributed by atoms with E-state index in [0.717, 1.165) is 0 Å². The molecule has 2 unspecified atom stereocenters. The zero-order valence-electron chi connectivity index (χ0n) is 17.7. The van der Waals surface area contributed by atoms with Crippen LogP contribution in [0.15, 0.2) is 11.6 Å². The number of unbranched alkanes of at least 4 members (excludes halogenated alkanes) is 7. The summed E-state index contributed by atoms with van der Waals surface area (Å²) in [5.74, 6) is 0.600. The fraction of sp³-hybridized carbons (Fsp3) is 0.909. The van der Waals surface area contributed by atoms with Crippen LogP contribution in [0.1, 0.15) is 98.8 Å². The van der Waals surface area contributed by atoms with Crippen LogP contribution in [0.25, 0.3) is 0 Å². The van der Waals surface area contributed by atoms with E-state index in [-0.39, 0.29) is 0 Å². The van der Waals surface area contributed by atoms with Crippen molar-refractivity contribution in [1.82, 2.24) is 0 Å². The molecule has 0 fully saturated rings. The first kappa shape index (κ1) is 22.0. The summed E-state index contributed by atoms with van der Waals surface area (Å²) in [6.45, 7) is 16.4. The van der Waals surface area contributed by atoms with Gasteiger partial charge in [-0.05, 0) is 43.3 Å². The van der Waals surface area contributed by atoms with Crippen LogP contribution in [0.2, 0.25) is 18.1 Å². The third-order valence-corrected chi connectivity index (χ3v) is 10.7. The van der Waals surface area contributed by atoms with Gasteiger partial charge >= 0.3 is 0 Å². The van der Waals surface area contributed by atoms with Gasteiger partial charge in [-0.2, -0.15) is 0 Å². The third kappa shape index (κ3) is 7.43. The minimum atomic E-state index is -1.63. The molecular weight excluding hydrogens is 308 g/mol. The molecule has 0 bridgehead atoms. The van der Waals surface area contributed by atoms with E-state index in [2.05, 4.69) is 53.8 Å². The van der Waals surface area contributed by atoms with Crippen LogP contribution in [-0.2, 0) is 4.43 Å². The predicted octanol–water partition coefficient (Wildman–Crippen LogP) is 7.87. The van der Waals surface area contributed by atoms with E-state index >= 15 is 0 Å². The second-order valence-electron chi connectivity index (χ2n) is 9.53. The van der Waals surface area contributed by atoms with Gasteiger partial charge in [0.1, 0.15) is 0 Å². The molecule has 0 aliphatic heterocycles. The molecule has 142 valence electrons. The van der Waals surface area contributed by atoms with Gasteiger partial charge < -0.3 is 4.43 Å². The van der Waals surface area contributed by atoms with Crippen LogP contribution >= 0.6 is 0 Å². The average molecular weight is 353 g/mol. The molecule has 0 aromatic carbocycles. The van der Waals surface area contributed by atoms with Crippen molar-refractivity contribution in [3.63, 3.8) is 0 Å². The van der Waals surface area contributed by atoms with E-state index in [0.29, 0.717) is 17.1 Å². The Bertz CT molecular complexity index is 378. The normalized spacial score (nSPS) is 22.0. The predicted molar refractivity (Wildman–Crippen MR) is 111 cm³/mol. The van der Waals surface area contributed by atoms with Gasteiger partial charge in [0.15, 0.2) is 8.32 Å². The topological polar surface area (TPSA) is 9.23 Å². The zero-order chi connectivity index (χ0) is 18.2. The van der Waals surface area contributed by atoms with Crippen molar-refractivity contribution in [1.29, 1.82) is 0 Å². The van der Waals surface area contributed by atoms with Gasteiger partial charge in [-0.15, -0.1) is 0 Å². The highest BCUT2D eigenvalue weighted by atomic mass is 28.4. The van der Waals surface area contributed by atoms with E-state index in [1.165, 1.54) is 64.2 Å². The van der Waals surface area contributed by atoms with Gasteiger partial charge in [-0.3, -0.25) is 0 Å². The molecule has 2 atom stereocenters. The zero-order valence-corrected chi connectivity index (χ0v) is 18.7. The molecule has 1 nitrogen and oxygen atoms in total. The van der Waals surface area contributed by atoms with E-state index in [4.69, 9.17) is 4.43 Å². The summed E-state index contributed by atoms with van der Waals surface area (Å²) >= 11 is 0. The molecular formula is C22H44OSi. The first-order chi connectivity index (χ1) is 11.2. The van der Waals surface area contributed by atoms with Crippen LogP contribution in [0.5, 0.6) is 0 Å². The number of hydrogen-bond acceptors (Lipinski definition) is 1. The van der Waals surface area contributed by atoms with Crippen LogP contribution in [-0.4, -0.2) is 14.4 Å². The van der Waals surface area contributed by atoms with Gasteiger partial charge in [0.2, 0.25) is 0 Å². The molecule has 0 aromatic rings. The van der Waals surface area contributed by atoms with Crippen molar-refractivity contribution in [2.24, 2.45) is 5.92 Å². The molecule has 0 amide bonds. The molecule has 0 aromatic heterocycles. The van der Waals surface area contributed by atoms with Crippen molar-refractivity contribution in [2.75, 3.05) is 0 Å². The van der Waals surface area contributed by atoms with Crippen molar-refractivity contribution in [3.05, 3.63) is 11.6 Å².